The van der Waals surface area contributed by atoms with E-state index in [-0.39, 0.29) is 5.69 Å². The van der Waals surface area contributed by atoms with E-state index in [1.165, 1.54) is 12.1 Å². The first-order valence-electron chi connectivity index (χ1n) is 16.6. The predicted octanol–water partition coefficient (Wildman–Crippen LogP) is 11.2. The lowest BCUT2D eigenvalue weighted by Gasteiger charge is -2.27. The second-order valence-corrected chi connectivity index (χ2v) is 12.9. The highest BCUT2D eigenvalue weighted by Crippen LogP contribution is 2.48. The summed E-state index contributed by atoms with van der Waals surface area (Å²) in [5, 5.41) is 1.25. The van der Waals surface area contributed by atoms with Gasteiger partial charge in [-0.3, -0.25) is 0 Å². The first kappa shape index (κ1) is 24.9. The van der Waals surface area contributed by atoms with Crippen LogP contribution in [0.1, 0.15) is 6.85 Å². The van der Waals surface area contributed by atoms with Crippen LogP contribution >= 0.6 is 11.3 Å². The zero-order valence-corrected chi connectivity index (χ0v) is 25.7. The maximum Gasteiger partial charge on any atom is 0.534 e. The van der Waals surface area contributed by atoms with Crippen LogP contribution in [0, 0.1) is 0 Å². The number of alkyl halides is 3. The van der Waals surface area contributed by atoms with Crippen LogP contribution in [0.2, 0.25) is 0 Å². The topological polar surface area (TPSA) is 49.9 Å². The Morgan fingerprint density at radius 2 is 1.17 bits per heavy atom. The Morgan fingerprint density at radius 3 is 1.72 bits per heavy atom. The number of nitrogens with zero attached hydrogens (tertiary/aromatic N) is 2. The number of rotatable bonds is 8. The third kappa shape index (κ3) is 5.89. The molecule has 0 aliphatic heterocycles. The number of halogens is 3. The van der Waals surface area contributed by atoms with Crippen LogP contribution in [0.25, 0.3) is 20.2 Å². The van der Waals surface area contributed by atoms with Crippen LogP contribution in [0.3, 0.4) is 0 Å². The highest BCUT2D eigenvalue weighted by molar-refractivity contribution is 7.88. The normalized spacial score (nSPS) is 13.4. The van der Waals surface area contributed by atoms with Gasteiger partial charge < -0.3 is 14.0 Å². The summed E-state index contributed by atoms with van der Waals surface area (Å²) < 4.78 is 113. The molecular formula is C37H25F3N2O3S2. The van der Waals surface area contributed by atoms with Gasteiger partial charge in [0.25, 0.3) is 0 Å². The standard InChI is InChI=1S/C37H25F3N2O3S2/c38-37(39,40)47(43,44)45-31-24-33(42(28-17-9-3-10-18-28)29-19-11-4-12-20-29)36-32-22-21-30(23-34(32)46-35(36)25-31)41(26-13-5-1-6-14-26)27-15-7-2-8-16-27/h1-25H/i1D,5D,6D,13D,14D. The Labute approximate surface area is 280 Å². The summed E-state index contributed by atoms with van der Waals surface area (Å²) in [7, 11) is -6.02. The second-order valence-electron chi connectivity index (χ2n) is 10.2. The van der Waals surface area contributed by atoms with E-state index in [1.807, 2.05) is 36.4 Å². The predicted molar refractivity (Wildman–Crippen MR) is 184 cm³/mol. The van der Waals surface area contributed by atoms with E-state index in [0.29, 0.717) is 48.6 Å². The summed E-state index contributed by atoms with van der Waals surface area (Å²) in [5.41, 5.74) is -3.19. The van der Waals surface area contributed by atoms with Crippen LogP contribution in [0.4, 0.5) is 47.3 Å². The highest BCUT2D eigenvalue weighted by atomic mass is 32.2. The third-order valence-corrected chi connectivity index (χ3v) is 9.33. The number of benzene rings is 6. The molecule has 0 fully saturated rings. The molecule has 0 saturated carbocycles. The summed E-state index contributed by atoms with van der Waals surface area (Å²) >= 11 is 1.16. The summed E-state index contributed by atoms with van der Waals surface area (Å²) in [6.45, 7) is 0. The molecular weight excluding hydrogens is 642 g/mol. The van der Waals surface area contributed by atoms with Gasteiger partial charge in [-0.25, -0.2) is 0 Å². The number of anilines is 6. The molecule has 7 aromatic rings. The van der Waals surface area contributed by atoms with E-state index in [9.17, 15) is 21.6 Å². The molecule has 1 aromatic heterocycles. The van der Waals surface area contributed by atoms with Gasteiger partial charge in [0.1, 0.15) is 5.75 Å². The molecule has 0 bridgehead atoms. The van der Waals surface area contributed by atoms with Gasteiger partial charge in [-0.2, -0.15) is 21.6 Å². The molecule has 0 amide bonds. The molecule has 0 radical (unpaired) electrons. The zero-order valence-electron chi connectivity index (χ0n) is 29.1. The van der Waals surface area contributed by atoms with Crippen molar-refractivity contribution < 1.29 is 32.6 Å². The first-order chi connectivity index (χ1) is 24.8. The minimum absolute atomic E-state index is 0.0780. The average Bonchev–Trinajstić information content (AvgIpc) is 3.50. The van der Waals surface area contributed by atoms with Crippen molar-refractivity contribution in [3.05, 3.63) is 152 Å². The van der Waals surface area contributed by atoms with E-state index in [1.54, 1.807) is 82.6 Å². The molecule has 7 rings (SSSR count). The smallest absolute Gasteiger partial charge is 0.376 e. The summed E-state index contributed by atoms with van der Waals surface area (Å²) in [4.78, 5) is 3.34. The second kappa shape index (κ2) is 12.1. The van der Waals surface area contributed by atoms with E-state index in [4.69, 9.17) is 11.0 Å². The molecule has 0 atom stereocenters. The molecule has 6 aromatic carbocycles. The molecule has 0 aliphatic rings. The van der Waals surface area contributed by atoms with E-state index in [0.717, 1.165) is 11.3 Å². The van der Waals surface area contributed by atoms with Crippen molar-refractivity contribution in [3.63, 3.8) is 0 Å². The van der Waals surface area contributed by atoms with Gasteiger partial charge in [-0.05, 0) is 66.7 Å². The van der Waals surface area contributed by atoms with E-state index >= 15 is 0 Å². The quantitative estimate of drug-likeness (QED) is 0.119. The fourth-order valence-electron chi connectivity index (χ4n) is 5.31. The Balaban J connectivity index is 1.51. The van der Waals surface area contributed by atoms with Crippen molar-refractivity contribution in [1.29, 1.82) is 0 Å². The van der Waals surface area contributed by atoms with Gasteiger partial charge in [0.05, 0.1) is 12.5 Å². The Bertz CT molecular complexity index is 2510. The lowest BCUT2D eigenvalue weighted by molar-refractivity contribution is -0.0500. The van der Waals surface area contributed by atoms with Crippen molar-refractivity contribution in [2.45, 2.75) is 5.51 Å². The van der Waals surface area contributed by atoms with Crippen LogP contribution < -0.4 is 14.0 Å². The number of hydrogen-bond acceptors (Lipinski definition) is 6. The maximum atomic E-state index is 13.5. The average molecular weight is 672 g/mol. The van der Waals surface area contributed by atoms with Gasteiger partial charge >= 0.3 is 15.6 Å². The Kier molecular flexibility index (Phi) is 6.41. The minimum atomic E-state index is -6.02. The summed E-state index contributed by atoms with van der Waals surface area (Å²) in [5.74, 6) is -0.548. The number of para-hydroxylation sites is 4. The molecule has 0 spiro atoms. The van der Waals surface area contributed by atoms with Gasteiger partial charge in [-0.1, -0.05) is 78.8 Å². The van der Waals surface area contributed by atoms with Gasteiger partial charge in [0.2, 0.25) is 0 Å². The maximum absolute atomic E-state index is 13.5. The SMILES string of the molecule is [2H]c1c([2H])c([2H])c(N(c2ccccc2)c2ccc3c(c2)sc2cc(OS(=O)(=O)C(F)(F)F)cc(N(c4ccccc4)c4ccccc4)c23)c([2H])c1[2H]. The Morgan fingerprint density at radius 1 is 0.617 bits per heavy atom. The van der Waals surface area contributed by atoms with E-state index < -0.39 is 51.6 Å². The largest absolute Gasteiger partial charge is 0.534 e. The molecule has 234 valence electrons. The fourth-order valence-corrected chi connectivity index (χ4v) is 6.94. The van der Waals surface area contributed by atoms with Crippen molar-refractivity contribution in [2.24, 2.45) is 0 Å². The number of hydrogen-bond donors (Lipinski definition) is 0. The van der Waals surface area contributed by atoms with Crippen LogP contribution in [0.5, 0.6) is 5.75 Å². The molecule has 1 heterocycles. The van der Waals surface area contributed by atoms with Crippen molar-refractivity contribution >= 4 is 75.8 Å². The lowest BCUT2D eigenvalue weighted by Crippen LogP contribution is -2.28. The van der Waals surface area contributed by atoms with Crippen LogP contribution in [-0.2, 0) is 10.1 Å². The highest BCUT2D eigenvalue weighted by Gasteiger charge is 2.48. The van der Waals surface area contributed by atoms with Crippen molar-refractivity contribution in [1.82, 2.24) is 0 Å². The monoisotopic (exact) mass is 671 g/mol. The molecule has 10 heteroatoms. The minimum Gasteiger partial charge on any atom is -0.376 e. The molecule has 0 aliphatic carbocycles. The number of thiophene rings is 1. The van der Waals surface area contributed by atoms with Crippen LogP contribution in [-0.4, -0.2) is 13.9 Å². The zero-order chi connectivity index (χ0) is 36.9. The van der Waals surface area contributed by atoms with Gasteiger partial charge in [-0.15, -0.1) is 11.3 Å². The Hall–Kier alpha value is -5.32. The molecule has 47 heavy (non-hydrogen) atoms. The summed E-state index contributed by atoms with van der Waals surface area (Å²) in [6, 6.07) is 32.2. The molecule has 5 nitrogen and oxygen atoms in total. The lowest BCUT2D eigenvalue weighted by atomic mass is 10.1. The number of fused-ring (bicyclic) bond motifs is 3. The first-order valence-corrected chi connectivity index (χ1v) is 16.3. The molecule has 0 unspecified atom stereocenters. The fraction of sp³-hybridized carbons (Fsp3) is 0.0270. The van der Waals surface area contributed by atoms with Crippen molar-refractivity contribution in [3.8, 4) is 5.75 Å². The molecule has 0 saturated heterocycles. The van der Waals surface area contributed by atoms with Gasteiger partial charge in [0, 0.05) is 54.7 Å². The summed E-state index contributed by atoms with van der Waals surface area (Å²) in [6.07, 6.45) is 0. The van der Waals surface area contributed by atoms with Crippen LogP contribution in [0.15, 0.2) is 152 Å². The third-order valence-electron chi connectivity index (χ3n) is 7.25. The van der Waals surface area contributed by atoms with E-state index in [2.05, 4.69) is 0 Å². The molecule has 0 N–H and O–H groups in total. The van der Waals surface area contributed by atoms with Gasteiger partial charge in [0.15, 0.2) is 0 Å². The van der Waals surface area contributed by atoms with Crippen molar-refractivity contribution in [2.75, 3.05) is 9.80 Å².